The first-order chi connectivity index (χ1) is 19.7. The Bertz CT molecular complexity index is 1130. The van der Waals surface area contributed by atoms with Crippen molar-refractivity contribution in [2.45, 2.75) is 81.5 Å². The van der Waals surface area contributed by atoms with Crippen molar-refractivity contribution in [2.24, 2.45) is 17.8 Å². The zero-order chi connectivity index (χ0) is 29.9. The minimum atomic E-state index is -0.793. The molecule has 41 heavy (non-hydrogen) atoms. The van der Waals surface area contributed by atoms with Crippen LogP contribution in [0.25, 0.3) is 0 Å². The van der Waals surface area contributed by atoms with Crippen molar-refractivity contribution in [3.63, 3.8) is 0 Å². The van der Waals surface area contributed by atoms with E-state index in [1.165, 1.54) is 0 Å². The molecule has 224 valence electrons. The Morgan fingerprint density at radius 2 is 1.83 bits per heavy atom. The summed E-state index contributed by atoms with van der Waals surface area (Å²) >= 11 is 1.68. The minimum Gasteiger partial charge on any atom is -0.394 e. The summed E-state index contributed by atoms with van der Waals surface area (Å²) in [6.07, 6.45) is 6.82. The Morgan fingerprint density at radius 1 is 1.15 bits per heavy atom. The summed E-state index contributed by atoms with van der Waals surface area (Å²) in [6.45, 7) is 17.2. The molecule has 0 aliphatic carbocycles. The van der Waals surface area contributed by atoms with Crippen LogP contribution in [-0.4, -0.2) is 85.8 Å². The normalized spacial score (nSPS) is 29.6. The molecule has 3 fully saturated rings. The third-order valence-electron chi connectivity index (χ3n) is 9.40. The minimum absolute atomic E-state index is 0.0213. The predicted molar refractivity (Wildman–Crippen MR) is 165 cm³/mol. The van der Waals surface area contributed by atoms with Crippen molar-refractivity contribution in [2.75, 3.05) is 26.2 Å². The van der Waals surface area contributed by atoms with Gasteiger partial charge in [-0.25, -0.2) is 0 Å². The number of thioether (sulfide) groups is 1. The highest BCUT2D eigenvalue weighted by Gasteiger charge is 2.77. The molecule has 7 nitrogen and oxygen atoms in total. The molecule has 8 atom stereocenters. The monoisotopic (exact) mass is 581 g/mol. The van der Waals surface area contributed by atoms with Crippen LogP contribution in [0.3, 0.4) is 0 Å². The van der Waals surface area contributed by atoms with Crippen molar-refractivity contribution in [1.29, 1.82) is 0 Å². The molecule has 1 N–H and O–H groups in total. The third kappa shape index (κ3) is 5.27. The van der Waals surface area contributed by atoms with E-state index in [1.807, 2.05) is 47.1 Å². The number of benzene rings is 1. The number of aliphatic hydroxyl groups is 1. The topological polar surface area (TPSA) is 81.2 Å². The molecule has 3 aliphatic rings. The molecular weight excluding hydrogens is 534 g/mol. The molecule has 1 aromatic rings. The van der Waals surface area contributed by atoms with E-state index in [-0.39, 0.29) is 41.5 Å². The van der Waals surface area contributed by atoms with Gasteiger partial charge in [0.15, 0.2) is 0 Å². The van der Waals surface area contributed by atoms with Gasteiger partial charge in [0.2, 0.25) is 17.7 Å². The molecular formula is C33H47N3O4S. The van der Waals surface area contributed by atoms with E-state index < -0.39 is 28.7 Å². The molecule has 4 unspecified atom stereocenters. The highest BCUT2D eigenvalue weighted by atomic mass is 32.2. The van der Waals surface area contributed by atoms with Crippen LogP contribution in [0.1, 0.15) is 65.0 Å². The van der Waals surface area contributed by atoms with Crippen molar-refractivity contribution >= 4 is 29.5 Å². The average molecular weight is 582 g/mol. The summed E-state index contributed by atoms with van der Waals surface area (Å²) in [5.74, 6) is -1.41. The maximum atomic E-state index is 14.8. The van der Waals surface area contributed by atoms with Gasteiger partial charge in [0, 0.05) is 30.9 Å². The lowest BCUT2D eigenvalue weighted by molar-refractivity contribution is -0.148. The molecule has 0 saturated carbocycles. The SMILES string of the molecule is C=CCN(CCC)C(=O)[C@@H]1[C@H]2C(=O)N([C@H](CO)c3ccccc3)C(C(=O)N(CC=C)C(C)CCC)C23S[C@@H]1CC3C. The van der Waals surface area contributed by atoms with E-state index in [4.69, 9.17) is 0 Å². The van der Waals surface area contributed by atoms with Gasteiger partial charge in [-0.2, -0.15) is 0 Å². The summed E-state index contributed by atoms with van der Waals surface area (Å²) in [4.78, 5) is 49.1. The zero-order valence-corrected chi connectivity index (χ0v) is 25.9. The second-order valence-electron chi connectivity index (χ2n) is 11.9. The predicted octanol–water partition coefficient (Wildman–Crippen LogP) is 4.69. The lowest BCUT2D eigenvalue weighted by atomic mass is 9.65. The molecule has 4 rings (SSSR count). The largest absolute Gasteiger partial charge is 0.394 e. The first-order valence-corrected chi connectivity index (χ1v) is 16.1. The number of rotatable bonds is 14. The van der Waals surface area contributed by atoms with Crippen LogP contribution in [0.2, 0.25) is 0 Å². The Labute approximate surface area is 250 Å². The number of hydrogen-bond donors (Lipinski definition) is 1. The Kier molecular flexibility index (Phi) is 10.1. The summed E-state index contributed by atoms with van der Waals surface area (Å²) in [5.41, 5.74) is 0.781. The number of aliphatic hydroxyl groups excluding tert-OH is 1. The van der Waals surface area contributed by atoms with Gasteiger partial charge in [-0.15, -0.1) is 24.9 Å². The number of amides is 3. The fourth-order valence-corrected chi connectivity index (χ4v) is 10.1. The van der Waals surface area contributed by atoms with E-state index in [2.05, 4.69) is 33.9 Å². The van der Waals surface area contributed by atoms with Gasteiger partial charge in [0.1, 0.15) is 6.04 Å². The first-order valence-electron chi connectivity index (χ1n) is 15.2. The summed E-state index contributed by atoms with van der Waals surface area (Å²) in [6, 6.07) is 7.94. The second kappa shape index (κ2) is 13.2. The fourth-order valence-electron chi connectivity index (χ4n) is 7.67. The van der Waals surface area contributed by atoms with Gasteiger partial charge in [-0.05, 0) is 37.7 Å². The van der Waals surface area contributed by atoms with Gasteiger partial charge >= 0.3 is 0 Å². The highest BCUT2D eigenvalue weighted by molar-refractivity contribution is 8.02. The molecule has 3 saturated heterocycles. The van der Waals surface area contributed by atoms with Crippen LogP contribution in [0.4, 0.5) is 0 Å². The van der Waals surface area contributed by atoms with Crippen LogP contribution < -0.4 is 0 Å². The third-order valence-corrected chi connectivity index (χ3v) is 11.5. The van der Waals surface area contributed by atoms with Gasteiger partial charge in [-0.3, -0.25) is 14.4 Å². The molecule has 1 aromatic carbocycles. The molecule has 0 radical (unpaired) electrons. The maximum Gasteiger partial charge on any atom is 0.247 e. The molecule has 3 aliphatic heterocycles. The van der Waals surface area contributed by atoms with Crippen molar-refractivity contribution in [1.82, 2.24) is 14.7 Å². The van der Waals surface area contributed by atoms with Crippen LogP contribution in [-0.2, 0) is 14.4 Å². The van der Waals surface area contributed by atoms with Crippen molar-refractivity contribution in [3.8, 4) is 0 Å². The smallest absolute Gasteiger partial charge is 0.247 e. The van der Waals surface area contributed by atoms with E-state index >= 15 is 0 Å². The van der Waals surface area contributed by atoms with E-state index in [0.29, 0.717) is 19.6 Å². The van der Waals surface area contributed by atoms with Crippen LogP contribution in [0, 0.1) is 17.8 Å². The second-order valence-corrected chi connectivity index (χ2v) is 13.4. The lowest BCUT2D eigenvalue weighted by Crippen LogP contribution is -2.59. The first kappa shape index (κ1) is 31.4. The molecule has 3 amide bonds. The number of nitrogens with zero attached hydrogens (tertiary/aromatic N) is 3. The number of carbonyl (C=O) groups is 3. The fraction of sp³-hybridized carbons (Fsp3) is 0.606. The van der Waals surface area contributed by atoms with Gasteiger partial charge in [0.25, 0.3) is 0 Å². The van der Waals surface area contributed by atoms with Crippen molar-refractivity contribution in [3.05, 3.63) is 61.2 Å². The molecule has 3 heterocycles. The lowest BCUT2D eigenvalue weighted by Gasteiger charge is -2.43. The number of carbonyl (C=O) groups excluding carboxylic acids is 3. The van der Waals surface area contributed by atoms with Crippen LogP contribution >= 0.6 is 11.8 Å². The highest BCUT2D eigenvalue weighted by Crippen LogP contribution is 2.69. The maximum absolute atomic E-state index is 14.8. The summed E-state index contributed by atoms with van der Waals surface area (Å²) in [5, 5.41) is 10.7. The Balaban J connectivity index is 1.87. The van der Waals surface area contributed by atoms with E-state index in [0.717, 1.165) is 31.2 Å². The number of fused-ring (bicyclic) bond motifs is 1. The van der Waals surface area contributed by atoms with Gasteiger partial charge in [-0.1, -0.05) is 69.7 Å². The summed E-state index contributed by atoms with van der Waals surface area (Å²) in [7, 11) is 0. The van der Waals surface area contributed by atoms with Crippen molar-refractivity contribution < 1.29 is 19.5 Å². The Morgan fingerprint density at radius 3 is 2.41 bits per heavy atom. The summed E-state index contributed by atoms with van der Waals surface area (Å²) < 4.78 is -0.751. The Hall–Kier alpha value is -2.58. The van der Waals surface area contributed by atoms with E-state index in [1.54, 1.807) is 28.8 Å². The van der Waals surface area contributed by atoms with Crippen LogP contribution in [0.5, 0.6) is 0 Å². The van der Waals surface area contributed by atoms with E-state index in [9.17, 15) is 19.5 Å². The molecule has 8 heteroatoms. The number of likely N-dealkylation sites (tertiary alicyclic amines) is 1. The van der Waals surface area contributed by atoms with Crippen LogP contribution in [0.15, 0.2) is 55.6 Å². The molecule has 2 bridgehead atoms. The average Bonchev–Trinajstić information content (AvgIpc) is 3.56. The van der Waals surface area contributed by atoms with Gasteiger partial charge < -0.3 is 19.8 Å². The molecule has 1 spiro atoms. The zero-order valence-electron chi connectivity index (χ0n) is 25.1. The van der Waals surface area contributed by atoms with Gasteiger partial charge in [0.05, 0.1) is 29.2 Å². The number of hydrogen-bond acceptors (Lipinski definition) is 5. The quantitative estimate of drug-likeness (QED) is 0.323. The standard InChI is InChI=1S/C33H47N3O4S/c1-7-14-23(6)35(19-10-4)32(40)29-33-22(5)20-26(41-33)27(30(38)34(17-8-2)18-9-3)28(33)31(39)36(29)25(21-37)24-15-12-11-13-16-24/h8,10-13,15-16,22-23,25-29,37H,2,4,7,9,14,17-21H2,1,3,5-6H3/t22?,23?,25-,26-,27+,28+,29?,33?/m1/s1. The molecule has 0 aromatic heterocycles.